The summed E-state index contributed by atoms with van der Waals surface area (Å²) in [5, 5.41) is 1.02. The molecular formula is C10H8FNO. The van der Waals surface area contributed by atoms with Gasteiger partial charge in [-0.15, -0.1) is 0 Å². The van der Waals surface area contributed by atoms with Crippen LogP contribution >= 0.6 is 0 Å². The van der Waals surface area contributed by atoms with E-state index < -0.39 is 6.86 Å². The summed E-state index contributed by atoms with van der Waals surface area (Å²) in [5.41, 5.74) is 0.813. The highest BCUT2D eigenvalue weighted by atomic mass is 19.1. The molecule has 0 radical (unpaired) electrons. The number of pyridine rings is 1. The maximum atomic E-state index is 11.8. The molecule has 3 heteroatoms. The minimum absolute atomic E-state index is 0.508. The van der Waals surface area contributed by atoms with Gasteiger partial charge in [0.1, 0.15) is 5.75 Å². The van der Waals surface area contributed by atoms with Gasteiger partial charge >= 0.3 is 0 Å². The Bertz CT molecular complexity index is 416. The molecule has 1 aromatic heterocycles. The lowest BCUT2D eigenvalue weighted by Gasteiger charge is -2.01. The molecular weight excluding hydrogens is 169 g/mol. The smallest absolute Gasteiger partial charge is 0.228 e. The highest BCUT2D eigenvalue weighted by molar-refractivity contribution is 5.79. The lowest BCUT2D eigenvalue weighted by atomic mass is 10.2. The predicted molar refractivity (Wildman–Crippen MR) is 48.3 cm³/mol. The van der Waals surface area contributed by atoms with Crippen LogP contribution in [0.4, 0.5) is 4.39 Å². The van der Waals surface area contributed by atoms with Crippen molar-refractivity contribution in [1.29, 1.82) is 0 Å². The first kappa shape index (κ1) is 7.98. The standard InChI is InChI=1S/C10H8FNO/c11-7-13-9-4-3-8-2-1-5-12-10(8)6-9/h1-6H,7H2. The number of halogens is 1. The number of ether oxygens (including phenoxy) is 1. The van der Waals surface area contributed by atoms with E-state index >= 15 is 0 Å². The second-order valence-electron chi connectivity index (χ2n) is 2.61. The molecule has 2 aromatic rings. The van der Waals surface area contributed by atoms with E-state index in [0.717, 1.165) is 10.9 Å². The summed E-state index contributed by atoms with van der Waals surface area (Å²) < 4.78 is 16.5. The summed E-state index contributed by atoms with van der Waals surface area (Å²) in [5.74, 6) is 0.508. The molecule has 0 aliphatic heterocycles. The van der Waals surface area contributed by atoms with Gasteiger partial charge in [0.25, 0.3) is 0 Å². The highest BCUT2D eigenvalue weighted by Gasteiger charge is 1.96. The van der Waals surface area contributed by atoms with Crippen LogP contribution in [0.5, 0.6) is 5.75 Å². The SMILES string of the molecule is FCOc1ccc2cccnc2c1. The van der Waals surface area contributed by atoms with Gasteiger partial charge in [-0.2, -0.15) is 0 Å². The van der Waals surface area contributed by atoms with Crippen LogP contribution in [0.25, 0.3) is 10.9 Å². The Balaban J connectivity index is 2.49. The fourth-order valence-corrected chi connectivity index (χ4v) is 1.20. The number of aromatic nitrogens is 1. The lowest BCUT2D eigenvalue weighted by molar-refractivity contribution is 0.192. The van der Waals surface area contributed by atoms with Crippen molar-refractivity contribution < 1.29 is 9.13 Å². The van der Waals surface area contributed by atoms with E-state index in [1.54, 1.807) is 18.3 Å². The molecule has 0 fully saturated rings. The third kappa shape index (κ3) is 1.59. The van der Waals surface area contributed by atoms with E-state index in [9.17, 15) is 4.39 Å². The zero-order valence-corrected chi connectivity index (χ0v) is 6.90. The summed E-state index contributed by atoms with van der Waals surface area (Å²) in [6.45, 7) is -0.807. The van der Waals surface area contributed by atoms with Gasteiger partial charge in [-0.3, -0.25) is 4.98 Å². The molecule has 0 amide bonds. The molecule has 2 nitrogen and oxygen atoms in total. The van der Waals surface area contributed by atoms with Crippen molar-refractivity contribution in [3.63, 3.8) is 0 Å². The normalized spacial score (nSPS) is 10.2. The molecule has 0 saturated heterocycles. The first-order valence-corrected chi connectivity index (χ1v) is 3.94. The van der Waals surface area contributed by atoms with Gasteiger partial charge in [-0.05, 0) is 18.2 Å². The van der Waals surface area contributed by atoms with Crippen molar-refractivity contribution in [3.05, 3.63) is 36.5 Å². The molecule has 13 heavy (non-hydrogen) atoms. The van der Waals surface area contributed by atoms with Crippen LogP contribution in [0.15, 0.2) is 36.5 Å². The van der Waals surface area contributed by atoms with Crippen molar-refractivity contribution in [1.82, 2.24) is 4.98 Å². The molecule has 0 spiro atoms. The molecule has 1 aromatic carbocycles. The van der Waals surface area contributed by atoms with Gasteiger partial charge < -0.3 is 4.74 Å². The van der Waals surface area contributed by atoms with E-state index in [1.807, 2.05) is 18.2 Å². The molecule has 66 valence electrons. The zero-order chi connectivity index (χ0) is 9.10. The lowest BCUT2D eigenvalue weighted by Crippen LogP contribution is -1.89. The molecule has 0 atom stereocenters. The summed E-state index contributed by atoms with van der Waals surface area (Å²) in [6, 6.07) is 9.10. The molecule has 0 N–H and O–H groups in total. The molecule has 0 saturated carbocycles. The second kappa shape index (κ2) is 3.39. The third-order valence-corrected chi connectivity index (χ3v) is 1.80. The van der Waals surface area contributed by atoms with Crippen LogP contribution in [0.3, 0.4) is 0 Å². The Labute approximate surface area is 75.0 Å². The number of fused-ring (bicyclic) bond motifs is 1. The molecule has 2 rings (SSSR count). The maximum absolute atomic E-state index is 11.8. The van der Waals surface area contributed by atoms with E-state index in [0.29, 0.717) is 5.75 Å². The summed E-state index contributed by atoms with van der Waals surface area (Å²) in [4.78, 5) is 4.12. The van der Waals surface area contributed by atoms with Gasteiger partial charge in [0.15, 0.2) is 0 Å². The van der Waals surface area contributed by atoms with Crippen LogP contribution in [0, 0.1) is 0 Å². The van der Waals surface area contributed by atoms with Crippen LogP contribution < -0.4 is 4.74 Å². The van der Waals surface area contributed by atoms with Crippen molar-refractivity contribution in [2.24, 2.45) is 0 Å². The number of nitrogens with zero attached hydrogens (tertiary/aromatic N) is 1. The first-order chi connectivity index (χ1) is 6.40. The summed E-state index contributed by atoms with van der Waals surface area (Å²) in [7, 11) is 0. The molecule has 0 aliphatic rings. The Morgan fingerprint density at radius 3 is 3.08 bits per heavy atom. The van der Waals surface area contributed by atoms with Gasteiger partial charge in [-0.1, -0.05) is 6.07 Å². The fraction of sp³-hybridized carbons (Fsp3) is 0.100. The number of alkyl halides is 1. The first-order valence-electron chi connectivity index (χ1n) is 3.94. The van der Waals surface area contributed by atoms with Crippen LogP contribution in [-0.4, -0.2) is 11.8 Å². The van der Waals surface area contributed by atoms with Crippen LogP contribution in [0.2, 0.25) is 0 Å². The largest absolute Gasteiger partial charge is 0.463 e. The van der Waals surface area contributed by atoms with Crippen LogP contribution in [0.1, 0.15) is 0 Å². The minimum atomic E-state index is -0.807. The van der Waals surface area contributed by atoms with E-state index in [2.05, 4.69) is 4.98 Å². The monoisotopic (exact) mass is 177 g/mol. The number of rotatable bonds is 2. The Morgan fingerprint density at radius 1 is 1.31 bits per heavy atom. The molecule has 0 aliphatic carbocycles. The van der Waals surface area contributed by atoms with E-state index in [4.69, 9.17) is 4.74 Å². The number of benzene rings is 1. The van der Waals surface area contributed by atoms with Gasteiger partial charge in [-0.25, -0.2) is 4.39 Å². The van der Waals surface area contributed by atoms with Gasteiger partial charge in [0, 0.05) is 17.6 Å². The predicted octanol–water partition coefficient (Wildman–Crippen LogP) is 2.54. The average Bonchev–Trinajstić information content (AvgIpc) is 2.18. The minimum Gasteiger partial charge on any atom is -0.463 e. The summed E-state index contributed by atoms with van der Waals surface area (Å²) in [6.07, 6.45) is 1.70. The molecule has 0 bridgehead atoms. The van der Waals surface area contributed by atoms with Gasteiger partial charge in [0.2, 0.25) is 6.86 Å². The van der Waals surface area contributed by atoms with Crippen molar-refractivity contribution in [2.45, 2.75) is 0 Å². The Morgan fingerprint density at radius 2 is 2.23 bits per heavy atom. The van der Waals surface area contributed by atoms with E-state index in [-0.39, 0.29) is 0 Å². The topological polar surface area (TPSA) is 22.1 Å². The molecule has 1 heterocycles. The highest BCUT2D eigenvalue weighted by Crippen LogP contribution is 2.18. The number of hydrogen-bond acceptors (Lipinski definition) is 2. The maximum Gasteiger partial charge on any atom is 0.228 e. The third-order valence-electron chi connectivity index (χ3n) is 1.80. The van der Waals surface area contributed by atoms with E-state index in [1.165, 1.54) is 0 Å². The summed E-state index contributed by atoms with van der Waals surface area (Å²) >= 11 is 0. The van der Waals surface area contributed by atoms with Gasteiger partial charge in [0.05, 0.1) is 5.52 Å². The zero-order valence-electron chi connectivity index (χ0n) is 6.90. The number of hydrogen-bond donors (Lipinski definition) is 0. The average molecular weight is 177 g/mol. The fourth-order valence-electron chi connectivity index (χ4n) is 1.20. The van der Waals surface area contributed by atoms with Crippen molar-refractivity contribution in [2.75, 3.05) is 6.86 Å². The Kier molecular flexibility index (Phi) is 2.08. The van der Waals surface area contributed by atoms with Crippen molar-refractivity contribution >= 4 is 10.9 Å². The quantitative estimate of drug-likeness (QED) is 0.703. The second-order valence-corrected chi connectivity index (χ2v) is 2.61. The van der Waals surface area contributed by atoms with Crippen LogP contribution in [-0.2, 0) is 0 Å². The molecule has 0 unspecified atom stereocenters. The Hall–Kier alpha value is -1.64. The van der Waals surface area contributed by atoms with Crippen molar-refractivity contribution in [3.8, 4) is 5.75 Å².